The number of piperidine rings is 1. The summed E-state index contributed by atoms with van der Waals surface area (Å²) in [5, 5.41) is 0. The van der Waals surface area contributed by atoms with Gasteiger partial charge < -0.3 is 14.8 Å². The molecule has 150 valence electrons. The van der Waals surface area contributed by atoms with Crippen molar-refractivity contribution in [3.63, 3.8) is 0 Å². The summed E-state index contributed by atoms with van der Waals surface area (Å²) < 4.78 is 13.0. The number of benzene rings is 1. The van der Waals surface area contributed by atoms with Crippen LogP contribution in [0, 0.1) is 18.7 Å². The van der Waals surface area contributed by atoms with Crippen molar-refractivity contribution in [1.29, 1.82) is 0 Å². The lowest BCUT2D eigenvalue weighted by molar-refractivity contribution is 0.0730. The molecule has 1 amide bonds. The van der Waals surface area contributed by atoms with Gasteiger partial charge in [0.25, 0.3) is 5.91 Å². The zero-order chi connectivity index (χ0) is 20.1. The number of pyridine rings is 1. The Morgan fingerprint density at radius 3 is 2.75 bits per heavy atom. The zero-order valence-electron chi connectivity index (χ0n) is 16.6. The third-order valence-electron chi connectivity index (χ3n) is 5.34. The van der Waals surface area contributed by atoms with Gasteiger partial charge in [-0.1, -0.05) is 12.1 Å². The van der Waals surface area contributed by atoms with Crippen molar-refractivity contribution in [2.75, 3.05) is 33.2 Å². The van der Waals surface area contributed by atoms with Crippen molar-refractivity contribution in [3.8, 4) is 0 Å². The van der Waals surface area contributed by atoms with Gasteiger partial charge in [0.2, 0.25) is 5.56 Å². The number of aromatic amines is 1. The number of amides is 1. The first-order chi connectivity index (χ1) is 13.4. The second-order valence-electron chi connectivity index (χ2n) is 7.79. The van der Waals surface area contributed by atoms with E-state index < -0.39 is 0 Å². The standard InChI is InChI=1S/C22H28FN3O2/c1-16-12-19(13-21(27)24-16)22(28)25(2)14-18-4-3-10-26(15-18)11-9-17-5-7-20(23)8-6-17/h5-8,12-13,18H,3-4,9-11,14-15H2,1-2H3,(H,24,27)/t18-/m0/s1. The van der Waals surface area contributed by atoms with Gasteiger partial charge in [-0.3, -0.25) is 9.59 Å². The Labute approximate surface area is 165 Å². The normalized spacial score (nSPS) is 17.5. The number of H-pyrrole nitrogens is 1. The number of nitrogens with zero attached hydrogens (tertiary/aromatic N) is 2. The van der Waals surface area contributed by atoms with Crippen LogP contribution >= 0.6 is 0 Å². The molecule has 1 saturated heterocycles. The number of hydrogen-bond donors (Lipinski definition) is 1. The van der Waals surface area contributed by atoms with Crippen molar-refractivity contribution < 1.29 is 9.18 Å². The summed E-state index contributed by atoms with van der Waals surface area (Å²) in [5.41, 5.74) is 2.02. The van der Waals surface area contributed by atoms with Crippen LogP contribution in [0.5, 0.6) is 0 Å². The van der Waals surface area contributed by atoms with Crippen molar-refractivity contribution in [1.82, 2.24) is 14.8 Å². The lowest BCUT2D eigenvalue weighted by Crippen LogP contribution is -2.42. The fourth-order valence-electron chi connectivity index (χ4n) is 3.94. The number of rotatable bonds is 6. The Morgan fingerprint density at radius 1 is 1.29 bits per heavy atom. The van der Waals surface area contributed by atoms with Crippen LogP contribution in [0.15, 0.2) is 41.2 Å². The maximum Gasteiger partial charge on any atom is 0.253 e. The van der Waals surface area contributed by atoms with E-state index in [1.54, 1.807) is 24.9 Å². The number of hydrogen-bond acceptors (Lipinski definition) is 3. The average Bonchev–Trinajstić information content (AvgIpc) is 2.66. The number of likely N-dealkylation sites (tertiary alicyclic amines) is 1. The van der Waals surface area contributed by atoms with Crippen molar-refractivity contribution in [2.45, 2.75) is 26.2 Å². The summed E-state index contributed by atoms with van der Waals surface area (Å²) in [6.45, 7) is 5.40. The average molecular weight is 385 g/mol. The first kappa shape index (κ1) is 20.3. The largest absolute Gasteiger partial charge is 0.341 e. The third kappa shape index (κ3) is 5.52. The minimum absolute atomic E-state index is 0.113. The summed E-state index contributed by atoms with van der Waals surface area (Å²) in [6, 6.07) is 9.77. The maximum absolute atomic E-state index is 13.0. The quantitative estimate of drug-likeness (QED) is 0.832. The Morgan fingerprint density at radius 2 is 2.04 bits per heavy atom. The first-order valence-corrected chi connectivity index (χ1v) is 9.84. The van der Waals surface area contributed by atoms with Crippen molar-refractivity contribution >= 4 is 5.91 Å². The van der Waals surface area contributed by atoms with Gasteiger partial charge in [-0.05, 0) is 62.4 Å². The maximum atomic E-state index is 13.0. The monoisotopic (exact) mass is 385 g/mol. The Hall–Kier alpha value is -2.47. The van der Waals surface area contributed by atoms with E-state index in [4.69, 9.17) is 0 Å². The number of nitrogens with one attached hydrogen (secondary N) is 1. The van der Waals surface area contributed by atoms with Gasteiger partial charge in [0.05, 0.1) is 0 Å². The smallest absolute Gasteiger partial charge is 0.253 e. The molecule has 0 radical (unpaired) electrons. The molecule has 1 atom stereocenters. The van der Waals surface area contributed by atoms with E-state index in [2.05, 4.69) is 9.88 Å². The number of carbonyl (C=O) groups excluding carboxylic acids is 1. The molecule has 1 N–H and O–H groups in total. The van der Waals surface area contributed by atoms with E-state index in [1.807, 2.05) is 12.1 Å². The molecule has 1 aromatic carbocycles. The zero-order valence-corrected chi connectivity index (χ0v) is 16.6. The summed E-state index contributed by atoms with van der Waals surface area (Å²) >= 11 is 0. The Kier molecular flexibility index (Phi) is 6.62. The van der Waals surface area contributed by atoms with Gasteiger partial charge in [0, 0.05) is 44.0 Å². The minimum Gasteiger partial charge on any atom is -0.341 e. The topological polar surface area (TPSA) is 56.4 Å². The molecular formula is C22H28FN3O2. The summed E-state index contributed by atoms with van der Waals surface area (Å²) in [5.74, 6) is 0.0988. The predicted molar refractivity (Wildman–Crippen MR) is 108 cm³/mol. The highest BCUT2D eigenvalue weighted by Gasteiger charge is 2.23. The van der Waals surface area contributed by atoms with E-state index in [-0.39, 0.29) is 17.3 Å². The third-order valence-corrected chi connectivity index (χ3v) is 5.34. The number of aryl methyl sites for hydroxylation is 1. The Bertz CT molecular complexity index is 863. The molecule has 28 heavy (non-hydrogen) atoms. The molecule has 0 unspecified atom stereocenters. The SMILES string of the molecule is Cc1cc(C(=O)N(C)C[C@@H]2CCCN(CCc3ccc(F)cc3)C2)cc(=O)[nH]1. The van der Waals surface area contributed by atoms with Gasteiger partial charge in [0.15, 0.2) is 0 Å². The summed E-state index contributed by atoms with van der Waals surface area (Å²) in [4.78, 5) is 31.1. The van der Waals surface area contributed by atoms with E-state index in [9.17, 15) is 14.0 Å². The van der Waals surface area contributed by atoms with Gasteiger partial charge >= 0.3 is 0 Å². The molecular weight excluding hydrogens is 357 g/mol. The highest BCUT2D eigenvalue weighted by molar-refractivity contribution is 5.94. The molecule has 0 aliphatic carbocycles. The molecule has 1 aliphatic rings. The van der Waals surface area contributed by atoms with Crippen LogP contribution in [0.2, 0.25) is 0 Å². The van der Waals surface area contributed by atoms with E-state index >= 15 is 0 Å². The molecule has 1 aliphatic heterocycles. The lowest BCUT2D eigenvalue weighted by Gasteiger charge is -2.34. The lowest BCUT2D eigenvalue weighted by atomic mass is 9.96. The van der Waals surface area contributed by atoms with Crippen molar-refractivity contribution in [3.05, 3.63) is 69.4 Å². The van der Waals surface area contributed by atoms with Gasteiger partial charge in [-0.2, -0.15) is 0 Å². The first-order valence-electron chi connectivity index (χ1n) is 9.84. The second kappa shape index (κ2) is 9.15. The van der Waals surface area contributed by atoms with E-state index in [0.717, 1.165) is 44.5 Å². The molecule has 5 nitrogen and oxygen atoms in total. The minimum atomic E-state index is -0.249. The molecule has 6 heteroatoms. The summed E-state index contributed by atoms with van der Waals surface area (Å²) in [7, 11) is 1.80. The summed E-state index contributed by atoms with van der Waals surface area (Å²) in [6.07, 6.45) is 3.10. The number of halogens is 1. The molecule has 0 bridgehead atoms. The molecule has 1 aromatic heterocycles. The van der Waals surface area contributed by atoms with Gasteiger partial charge in [0.1, 0.15) is 5.82 Å². The predicted octanol–water partition coefficient (Wildman–Crippen LogP) is 2.85. The molecule has 2 heterocycles. The van der Waals surface area contributed by atoms with Crippen LogP contribution in [0.4, 0.5) is 4.39 Å². The second-order valence-corrected chi connectivity index (χ2v) is 7.79. The van der Waals surface area contributed by atoms with Gasteiger partial charge in [-0.25, -0.2) is 4.39 Å². The highest BCUT2D eigenvalue weighted by Crippen LogP contribution is 2.19. The molecule has 0 saturated carbocycles. The van der Waals surface area contributed by atoms with E-state index in [1.165, 1.54) is 18.2 Å². The van der Waals surface area contributed by atoms with Crippen molar-refractivity contribution in [2.24, 2.45) is 5.92 Å². The fourth-order valence-corrected chi connectivity index (χ4v) is 3.94. The van der Waals surface area contributed by atoms with Gasteiger partial charge in [-0.15, -0.1) is 0 Å². The molecule has 3 rings (SSSR count). The van der Waals surface area contributed by atoms with Crippen LogP contribution in [-0.2, 0) is 6.42 Å². The van der Waals surface area contributed by atoms with Crippen LogP contribution < -0.4 is 5.56 Å². The molecule has 0 spiro atoms. The van der Waals surface area contributed by atoms with Crippen LogP contribution in [0.3, 0.4) is 0 Å². The highest BCUT2D eigenvalue weighted by atomic mass is 19.1. The fraction of sp³-hybridized carbons (Fsp3) is 0.455. The van der Waals surface area contributed by atoms with Crippen LogP contribution in [0.25, 0.3) is 0 Å². The molecule has 1 fully saturated rings. The number of aromatic nitrogens is 1. The van der Waals surface area contributed by atoms with Crippen LogP contribution in [-0.4, -0.2) is 53.9 Å². The van der Waals surface area contributed by atoms with E-state index in [0.29, 0.717) is 23.7 Å². The molecule has 2 aromatic rings. The number of carbonyl (C=O) groups is 1. The van der Waals surface area contributed by atoms with Crippen LogP contribution in [0.1, 0.15) is 34.5 Å². The Balaban J connectivity index is 1.52.